The number of urea groups is 1. The number of rotatable bonds is 8. The highest BCUT2D eigenvalue weighted by molar-refractivity contribution is 6.31. The van der Waals surface area contributed by atoms with Crippen molar-refractivity contribution in [3.63, 3.8) is 0 Å². The van der Waals surface area contributed by atoms with E-state index in [1.165, 1.54) is 0 Å². The Labute approximate surface area is 248 Å². The van der Waals surface area contributed by atoms with Gasteiger partial charge in [-0.15, -0.1) is 0 Å². The average Bonchev–Trinajstić information content (AvgIpc) is 3.00. The molecule has 0 unspecified atom stereocenters. The number of nitrogens with one attached hydrogen (secondary N) is 2. The zero-order valence-electron chi connectivity index (χ0n) is 21.8. The van der Waals surface area contributed by atoms with Crippen LogP contribution in [0.5, 0.6) is 11.5 Å². The Hall–Kier alpha value is -4.79. The Morgan fingerprint density at radius 1 is 0.683 bits per heavy atom. The van der Waals surface area contributed by atoms with E-state index in [-0.39, 0.29) is 12.6 Å². The predicted octanol–water partition coefficient (Wildman–Crippen LogP) is 7.85. The molecule has 0 aliphatic carbocycles. The van der Waals surface area contributed by atoms with Crippen molar-refractivity contribution in [2.24, 2.45) is 0 Å². The summed E-state index contributed by atoms with van der Waals surface area (Å²) < 4.78 is 11.2. The van der Waals surface area contributed by atoms with Crippen molar-refractivity contribution < 1.29 is 14.3 Å². The molecule has 0 radical (unpaired) electrons. The minimum atomic E-state index is -0.326. The van der Waals surface area contributed by atoms with Crippen molar-refractivity contribution in [1.82, 2.24) is 9.97 Å². The monoisotopic (exact) mass is 587 g/mol. The average molecular weight is 588 g/mol. The predicted molar refractivity (Wildman–Crippen MR) is 164 cm³/mol. The van der Waals surface area contributed by atoms with Crippen LogP contribution in [0.15, 0.2) is 116 Å². The molecular weight excluding hydrogens is 561 g/mol. The first-order valence-electron chi connectivity index (χ1n) is 12.5. The van der Waals surface area contributed by atoms with Crippen molar-refractivity contribution in [3.05, 3.63) is 137 Å². The minimum absolute atomic E-state index is 0.278. The summed E-state index contributed by atoms with van der Waals surface area (Å²) in [6, 6.07) is 26.7. The maximum Gasteiger partial charge on any atom is 0.323 e. The molecule has 0 atom stereocenters. The lowest BCUT2D eigenvalue weighted by molar-refractivity contribution is 0.262. The first kappa shape index (κ1) is 29.2. The lowest BCUT2D eigenvalue weighted by Gasteiger charge is -2.11. The van der Waals surface area contributed by atoms with E-state index < -0.39 is 0 Å². The van der Waals surface area contributed by atoms with Gasteiger partial charge in [0.2, 0.25) is 0 Å². The van der Waals surface area contributed by atoms with Crippen LogP contribution in [0, 0.1) is 0 Å². The van der Waals surface area contributed by atoms with E-state index >= 15 is 0 Å². The summed E-state index contributed by atoms with van der Waals surface area (Å²) in [5.74, 6) is 1.36. The van der Waals surface area contributed by atoms with Crippen LogP contribution >= 0.6 is 23.2 Å². The number of halogens is 2. The Morgan fingerprint density at radius 3 is 1.83 bits per heavy atom. The van der Waals surface area contributed by atoms with Gasteiger partial charge in [-0.05, 0) is 72.8 Å². The third kappa shape index (κ3) is 9.72. The van der Waals surface area contributed by atoms with E-state index in [9.17, 15) is 4.79 Å². The number of benzene rings is 3. The molecule has 0 spiro atoms. The van der Waals surface area contributed by atoms with Gasteiger partial charge in [0.1, 0.15) is 24.7 Å². The Kier molecular flexibility index (Phi) is 10.8. The van der Waals surface area contributed by atoms with Gasteiger partial charge in [-0.3, -0.25) is 9.97 Å². The SMILES string of the molecule is Nc1ccc(Cl)c(COc2cccnc2)c1.O=C(Nc1ccccc1)Nc1ccc(Cl)c(COc2cccnc2)c1. The number of amides is 2. The molecule has 2 aromatic heterocycles. The van der Waals surface area contributed by atoms with E-state index in [4.69, 9.17) is 38.4 Å². The quantitative estimate of drug-likeness (QED) is 0.159. The number of anilines is 3. The maximum absolute atomic E-state index is 12.1. The topological polar surface area (TPSA) is 111 Å². The fourth-order valence-electron chi connectivity index (χ4n) is 3.47. The lowest BCUT2D eigenvalue weighted by atomic mass is 10.2. The molecule has 2 amide bonds. The summed E-state index contributed by atoms with van der Waals surface area (Å²) in [4.78, 5) is 20.0. The fourth-order valence-corrected chi connectivity index (χ4v) is 3.81. The van der Waals surface area contributed by atoms with Crippen molar-refractivity contribution in [2.75, 3.05) is 16.4 Å². The molecule has 41 heavy (non-hydrogen) atoms. The van der Waals surface area contributed by atoms with Gasteiger partial charge in [-0.1, -0.05) is 41.4 Å². The van der Waals surface area contributed by atoms with Crippen molar-refractivity contribution in [2.45, 2.75) is 13.2 Å². The molecular formula is C31H27Cl2N5O3. The molecule has 5 rings (SSSR count). The van der Waals surface area contributed by atoms with Crippen LogP contribution in [0.4, 0.5) is 21.9 Å². The molecule has 5 aromatic rings. The van der Waals surface area contributed by atoms with Gasteiger partial charge in [0, 0.05) is 50.6 Å². The largest absolute Gasteiger partial charge is 0.487 e. The van der Waals surface area contributed by atoms with Crippen LogP contribution in [0.1, 0.15) is 11.1 Å². The summed E-state index contributed by atoms with van der Waals surface area (Å²) in [5, 5.41) is 6.76. The minimum Gasteiger partial charge on any atom is -0.487 e. The molecule has 0 bridgehead atoms. The summed E-state index contributed by atoms with van der Waals surface area (Å²) in [5.41, 5.74) is 9.32. The highest BCUT2D eigenvalue weighted by atomic mass is 35.5. The third-order valence-electron chi connectivity index (χ3n) is 5.46. The molecule has 8 nitrogen and oxygen atoms in total. The summed E-state index contributed by atoms with van der Waals surface area (Å²) in [6.07, 6.45) is 6.65. The maximum atomic E-state index is 12.1. The smallest absolute Gasteiger partial charge is 0.323 e. The van der Waals surface area contributed by atoms with E-state index in [0.29, 0.717) is 45.2 Å². The van der Waals surface area contributed by atoms with Gasteiger partial charge in [-0.25, -0.2) is 4.79 Å². The second kappa shape index (κ2) is 15.1. The number of nitrogen functional groups attached to an aromatic ring is 1. The number of ether oxygens (including phenoxy) is 2. The molecule has 0 aliphatic heterocycles. The van der Waals surface area contributed by atoms with Crippen molar-refractivity contribution in [1.29, 1.82) is 0 Å². The molecule has 208 valence electrons. The van der Waals surface area contributed by atoms with Gasteiger partial charge >= 0.3 is 6.03 Å². The summed E-state index contributed by atoms with van der Waals surface area (Å²) in [7, 11) is 0. The number of aromatic nitrogens is 2. The Bertz CT molecular complexity index is 1540. The van der Waals surface area contributed by atoms with Crippen molar-refractivity contribution in [3.8, 4) is 11.5 Å². The molecule has 0 saturated heterocycles. The van der Waals surface area contributed by atoms with Crippen LogP contribution < -0.4 is 25.8 Å². The fraction of sp³-hybridized carbons (Fsp3) is 0.0645. The number of carbonyl (C=O) groups excluding carboxylic acids is 1. The van der Waals surface area contributed by atoms with Gasteiger partial charge in [0.15, 0.2) is 0 Å². The first-order chi connectivity index (χ1) is 20.0. The van der Waals surface area contributed by atoms with Gasteiger partial charge < -0.3 is 25.8 Å². The van der Waals surface area contributed by atoms with Gasteiger partial charge in [-0.2, -0.15) is 0 Å². The van der Waals surface area contributed by atoms with Crippen LogP contribution in [-0.4, -0.2) is 16.0 Å². The standard InChI is InChI=1S/C19H16ClN3O2.C12H11ClN2O/c20-18-9-8-16(23-19(24)22-15-5-2-1-3-6-15)11-14(18)13-25-17-7-4-10-21-12-17;13-12-4-3-10(14)6-9(12)8-16-11-2-1-5-15-7-11/h1-12H,13H2,(H2,22,23,24);1-7H,8,14H2. The highest BCUT2D eigenvalue weighted by Crippen LogP contribution is 2.23. The number of carbonyl (C=O) groups is 1. The second-order valence-corrected chi connectivity index (χ2v) is 9.37. The Morgan fingerprint density at radius 2 is 1.24 bits per heavy atom. The molecule has 2 heterocycles. The van der Waals surface area contributed by atoms with Crippen LogP contribution in [-0.2, 0) is 13.2 Å². The number of hydrogen-bond donors (Lipinski definition) is 3. The molecule has 0 fully saturated rings. The van der Waals surface area contributed by atoms with Gasteiger partial charge in [0.05, 0.1) is 12.4 Å². The molecule has 10 heteroatoms. The summed E-state index contributed by atoms with van der Waals surface area (Å²) >= 11 is 12.2. The molecule has 3 aromatic carbocycles. The third-order valence-corrected chi connectivity index (χ3v) is 6.20. The number of para-hydroxylation sites is 1. The van der Waals surface area contributed by atoms with Crippen molar-refractivity contribution >= 4 is 46.3 Å². The molecule has 0 saturated carbocycles. The van der Waals surface area contributed by atoms with E-state index in [2.05, 4.69) is 20.6 Å². The van der Waals surface area contributed by atoms with Gasteiger partial charge in [0.25, 0.3) is 0 Å². The molecule has 4 N–H and O–H groups in total. The first-order valence-corrected chi connectivity index (χ1v) is 13.2. The van der Waals surface area contributed by atoms with Crippen LogP contribution in [0.25, 0.3) is 0 Å². The van der Waals surface area contributed by atoms with Crippen LogP contribution in [0.3, 0.4) is 0 Å². The zero-order chi connectivity index (χ0) is 28.9. The normalized spacial score (nSPS) is 10.1. The number of hydrogen-bond acceptors (Lipinski definition) is 6. The van der Waals surface area contributed by atoms with E-state index in [1.807, 2.05) is 48.5 Å². The second-order valence-electron chi connectivity index (χ2n) is 8.56. The van der Waals surface area contributed by atoms with Crippen LogP contribution in [0.2, 0.25) is 10.0 Å². The Balaban J connectivity index is 0.000000208. The lowest BCUT2D eigenvalue weighted by Crippen LogP contribution is -2.19. The molecule has 0 aliphatic rings. The zero-order valence-corrected chi connectivity index (χ0v) is 23.3. The van der Waals surface area contributed by atoms with E-state index in [1.54, 1.807) is 67.3 Å². The number of pyridine rings is 2. The highest BCUT2D eigenvalue weighted by Gasteiger charge is 2.07. The number of nitrogens with two attached hydrogens (primary N) is 1. The summed E-state index contributed by atoms with van der Waals surface area (Å²) in [6.45, 7) is 0.663. The van der Waals surface area contributed by atoms with E-state index in [0.717, 1.165) is 11.1 Å². The number of nitrogens with zero attached hydrogens (tertiary/aromatic N) is 2.